The number of hydrogen-bond acceptors (Lipinski definition) is 2. The Labute approximate surface area is 291 Å². The third-order valence-electron chi connectivity index (χ3n) is 13.2. The lowest BCUT2D eigenvalue weighted by molar-refractivity contribution is -0.00518. The molecule has 0 spiro atoms. The van der Waals surface area contributed by atoms with Crippen molar-refractivity contribution in [3.63, 3.8) is 0 Å². The Kier molecular flexibility index (Phi) is 6.12. The molecule has 1 aromatic heterocycles. The highest BCUT2D eigenvalue weighted by Gasteiger charge is 2.51. The molecule has 0 N–H and O–H groups in total. The van der Waals surface area contributed by atoms with Gasteiger partial charge in [-0.15, -0.1) is 0 Å². The SMILES string of the molecule is CC(C)(C)c1ccc2c(c1)oc1cccc(N(c3ccc(C45CC6CC(CC(C6)C4)C5)cc3)c3ccc4c(c3)C(C)(C)c3ccccc3-4)c12. The number of rotatable bonds is 4. The third-order valence-corrected chi connectivity index (χ3v) is 13.2. The summed E-state index contributed by atoms with van der Waals surface area (Å²) in [6.45, 7) is 11.6. The minimum absolute atomic E-state index is 0.0509. The van der Waals surface area contributed by atoms with Crippen molar-refractivity contribution in [3.05, 3.63) is 125 Å². The molecule has 5 aliphatic carbocycles. The number of benzene rings is 5. The number of hydrogen-bond donors (Lipinski definition) is 0. The fourth-order valence-electron chi connectivity index (χ4n) is 11.1. The van der Waals surface area contributed by atoms with E-state index < -0.39 is 0 Å². The van der Waals surface area contributed by atoms with Crippen molar-refractivity contribution in [3.8, 4) is 11.1 Å². The van der Waals surface area contributed by atoms with Gasteiger partial charge in [0.25, 0.3) is 0 Å². The largest absolute Gasteiger partial charge is 0.456 e. The van der Waals surface area contributed by atoms with E-state index in [2.05, 4.69) is 143 Å². The molecule has 0 unspecified atom stereocenters. The maximum absolute atomic E-state index is 6.63. The molecule has 0 atom stereocenters. The van der Waals surface area contributed by atoms with Crippen LogP contribution >= 0.6 is 0 Å². The molecule has 0 saturated heterocycles. The van der Waals surface area contributed by atoms with Crippen LogP contribution in [0.5, 0.6) is 0 Å². The second-order valence-electron chi connectivity index (χ2n) is 17.7. The van der Waals surface area contributed by atoms with Gasteiger partial charge in [-0.1, -0.05) is 95.3 Å². The van der Waals surface area contributed by atoms with Gasteiger partial charge in [0.2, 0.25) is 0 Å². The van der Waals surface area contributed by atoms with E-state index in [9.17, 15) is 0 Å². The van der Waals surface area contributed by atoms with Crippen molar-refractivity contribution in [2.24, 2.45) is 17.8 Å². The Morgan fingerprint density at radius 2 is 1.31 bits per heavy atom. The van der Waals surface area contributed by atoms with Crippen molar-refractivity contribution in [2.45, 2.75) is 89.4 Å². The summed E-state index contributed by atoms with van der Waals surface area (Å²) in [6.07, 6.45) is 8.59. The average Bonchev–Trinajstić information content (AvgIpc) is 3.56. The summed E-state index contributed by atoms with van der Waals surface area (Å²) < 4.78 is 6.63. The molecule has 5 aromatic carbocycles. The van der Waals surface area contributed by atoms with Crippen molar-refractivity contribution in [1.82, 2.24) is 0 Å². The monoisotopic (exact) mass is 641 g/mol. The first-order chi connectivity index (χ1) is 23.6. The highest BCUT2D eigenvalue weighted by atomic mass is 16.3. The Balaban J connectivity index is 1.15. The molecule has 5 aliphatic rings. The van der Waals surface area contributed by atoms with Crippen LogP contribution in [0.1, 0.15) is 95.4 Å². The summed E-state index contributed by atoms with van der Waals surface area (Å²) in [5.74, 6) is 2.81. The van der Waals surface area contributed by atoms with Gasteiger partial charge in [0.05, 0.1) is 11.1 Å². The highest BCUT2D eigenvalue weighted by molar-refractivity contribution is 6.13. The Bertz CT molecular complexity index is 2240. The molecule has 0 radical (unpaired) electrons. The van der Waals surface area contributed by atoms with Crippen molar-refractivity contribution in [1.29, 1.82) is 0 Å². The molecule has 11 rings (SSSR count). The lowest BCUT2D eigenvalue weighted by Gasteiger charge is -2.57. The van der Waals surface area contributed by atoms with Crippen LogP contribution in [0, 0.1) is 17.8 Å². The van der Waals surface area contributed by atoms with Gasteiger partial charge in [0.1, 0.15) is 11.2 Å². The van der Waals surface area contributed by atoms with Gasteiger partial charge in [0.15, 0.2) is 0 Å². The molecule has 0 aliphatic heterocycles. The molecule has 2 nitrogen and oxygen atoms in total. The maximum Gasteiger partial charge on any atom is 0.137 e. The van der Waals surface area contributed by atoms with Crippen molar-refractivity contribution in [2.75, 3.05) is 4.90 Å². The van der Waals surface area contributed by atoms with Crippen LogP contribution in [-0.4, -0.2) is 0 Å². The molecule has 6 aromatic rings. The lowest BCUT2D eigenvalue weighted by atomic mass is 9.48. The number of anilines is 3. The van der Waals surface area contributed by atoms with Gasteiger partial charge < -0.3 is 9.32 Å². The zero-order valence-electron chi connectivity index (χ0n) is 29.6. The quantitative estimate of drug-likeness (QED) is 0.190. The zero-order chi connectivity index (χ0) is 33.3. The molecule has 4 fully saturated rings. The van der Waals surface area contributed by atoms with Crippen molar-refractivity contribution >= 4 is 39.0 Å². The summed E-state index contributed by atoms with van der Waals surface area (Å²) in [7, 11) is 0. The second-order valence-corrected chi connectivity index (χ2v) is 17.7. The molecule has 1 heterocycles. The first-order valence-corrected chi connectivity index (χ1v) is 18.7. The Hall–Kier alpha value is -4.30. The molecular weight excluding hydrogens is 595 g/mol. The van der Waals surface area contributed by atoms with E-state index in [1.54, 1.807) is 5.56 Å². The molecule has 2 heteroatoms. The second kappa shape index (κ2) is 10.1. The van der Waals surface area contributed by atoms with Crippen LogP contribution in [0.3, 0.4) is 0 Å². The fraction of sp³-hybridized carbons (Fsp3) is 0.362. The topological polar surface area (TPSA) is 16.4 Å². The van der Waals surface area contributed by atoms with Crippen molar-refractivity contribution < 1.29 is 4.42 Å². The number of fused-ring (bicyclic) bond motifs is 6. The fourth-order valence-corrected chi connectivity index (χ4v) is 11.1. The smallest absolute Gasteiger partial charge is 0.137 e. The molecule has 49 heavy (non-hydrogen) atoms. The molecular formula is C47H47NO. The lowest BCUT2D eigenvalue weighted by Crippen LogP contribution is -2.48. The van der Waals surface area contributed by atoms with E-state index in [1.165, 1.54) is 88.5 Å². The maximum atomic E-state index is 6.63. The van der Waals surface area contributed by atoms with Crippen LogP contribution in [0.25, 0.3) is 33.1 Å². The van der Waals surface area contributed by atoms with Gasteiger partial charge in [-0.25, -0.2) is 0 Å². The van der Waals surface area contributed by atoms with Gasteiger partial charge in [-0.05, 0) is 143 Å². The third kappa shape index (κ3) is 4.38. The van der Waals surface area contributed by atoms with Gasteiger partial charge in [-0.2, -0.15) is 0 Å². The highest BCUT2D eigenvalue weighted by Crippen LogP contribution is 2.61. The summed E-state index contributed by atoms with van der Waals surface area (Å²) in [5.41, 5.74) is 14.2. The zero-order valence-corrected chi connectivity index (χ0v) is 29.6. The summed E-state index contributed by atoms with van der Waals surface area (Å²) in [6, 6.07) is 39.3. The van der Waals surface area contributed by atoms with Gasteiger partial charge >= 0.3 is 0 Å². The minimum Gasteiger partial charge on any atom is -0.456 e. The molecule has 4 bridgehead atoms. The van der Waals surface area contributed by atoms with Gasteiger partial charge in [0, 0.05) is 22.2 Å². The predicted octanol–water partition coefficient (Wildman–Crippen LogP) is 13.1. The van der Waals surface area contributed by atoms with Crippen LogP contribution in [-0.2, 0) is 16.2 Å². The molecule has 0 amide bonds. The van der Waals surface area contributed by atoms with Crippen LogP contribution in [0.15, 0.2) is 108 Å². The van der Waals surface area contributed by atoms with E-state index in [1.807, 2.05) is 0 Å². The Morgan fingerprint density at radius 1 is 0.633 bits per heavy atom. The van der Waals surface area contributed by atoms with Crippen LogP contribution in [0.4, 0.5) is 17.1 Å². The van der Waals surface area contributed by atoms with E-state index in [-0.39, 0.29) is 10.8 Å². The summed E-state index contributed by atoms with van der Waals surface area (Å²) >= 11 is 0. The van der Waals surface area contributed by atoms with Gasteiger partial charge in [-0.3, -0.25) is 0 Å². The molecule has 4 saturated carbocycles. The van der Waals surface area contributed by atoms with E-state index in [0.717, 1.165) is 34.6 Å². The summed E-state index contributed by atoms with van der Waals surface area (Å²) in [4.78, 5) is 2.50. The van der Waals surface area contributed by atoms with Crippen LogP contribution < -0.4 is 4.90 Å². The van der Waals surface area contributed by atoms with E-state index in [0.29, 0.717) is 5.41 Å². The average molecular weight is 642 g/mol. The van der Waals surface area contributed by atoms with Crippen LogP contribution in [0.2, 0.25) is 0 Å². The predicted molar refractivity (Wildman–Crippen MR) is 205 cm³/mol. The standard InChI is InChI=1S/C47H47NO/c1-45(2,3)33-15-19-38-43(24-33)49-42-12-8-11-41(44(38)42)48(35-18-20-37-36-9-6-7-10-39(36)46(4,5)40(37)25-35)34-16-13-32(14-17-34)47-26-29-21-30(27-47)23-31(22-29)28-47/h6-20,24-25,29-31H,21-23,26-28H2,1-5H3. The normalized spacial score (nSPS) is 24.8. The summed E-state index contributed by atoms with van der Waals surface area (Å²) in [5, 5.41) is 2.34. The minimum atomic E-state index is -0.0757. The Morgan fingerprint density at radius 3 is 2.02 bits per heavy atom. The number of furan rings is 1. The first-order valence-electron chi connectivity index (χ1n) is 18.7. The van der Waals surface area contributed by atoms with E-state index in [4.69, 9.17) is 4.42 Å². The number of nitrogens with zero attached hydrogens (tertiary/aromatic N) is 1. The molecule has 246 valence electrons. The van der Waals surface area contributed by atoms with E-state index >= 15 is 0 Å². The first kappa shape index (κ1) is 29.6.